The molecule has 2 aromatic rings. The Bertz CT molecular complexity index is 742. The van der Waals surface area contributed by atoms with Crippen LogP contribution in [0.1, 0.15) is 23.8 Å². The van der Waals surface area contributed by atoms with Crippen LogP contribution in [0.15, 0.2) is 28.8 Å². The fourth-order valence-corrected chi connectivity index (χ4v) is 2.64. The molecule has 0 saturated heterocycles. The molecule has 1 atom stereocenters. The van der Waals surface area contributed by atoms with E-state index in [1.54, 1.807) is 26.0 Å². The van der Waals surface area contributed by atoms with Crippen LogP contribution in [0.25, 0.3) is 0 Å². The summed E-state index contributed by atoms with van der Waals surface area (Å²) < 4.78 is 10.2. The number of nitrogens with zero attached hydrogens (tertiary/aromatic N) is 1. The number of nitrogens with one attached hydrogen (secondary N) is 1. The molecule has 24 heavy (non-hydrogen) atoms. The number of benzene rings is 1. The van der Waals surface area contributed by atoms with Crippen molar-refractivity contribution < 1.29 is 18.8 Å². The molecule has 0 saturated carbocycles. The molecule has 1 heterocycles. The average Bonchev–Trinajstić information content (AvgIpc) is 2.92. The monoisotopic (exact) mass is 348 g/mol. The largest absolute Gasteiger partial charge is 0.426 e. The number of hydrogen-bond acceptors (Lipinski definition) is 6. The Morgan fingerprint density at radius 2 is 2.04 bits per heavy atom. The summed E-state index contributed by atoms with van der Waals surface area (Å²) in [7, 11) is 0. The minimum Gasteiger partial charge on any atom is -0.426 e. The van der Waals surface area contributed by atoms with Crippen molar-refractivity contribution in [3.63, 3.8) is 0 Å². The van der Waals surface area contributed by atoms with Gasteiger partial charge in [-0.15, -0.1) is 11.8 Å². The summed E-state index contributed by atoms with van der Waals surface area (Å²) in [6.07, 6.45) is 0. The molecule has 7 heteroatoms. The summed E-state index contributed by atoms with van der Waals surface area (Å²) in [4.78, 5) is 24.0. The van der Waals surface area contributed by atoms with Gasteiger partial charge in [-0.3, -0.25) is 9.59 Å². The lowest BCUT2D eigenvalue weighted by molar-refractivity contribution is -0.131. The fourth-order valence-electron chi connectivity index (χ4n) is 1.99. The van der Waals surface area contributed by atoms with Crippen molar-refractivity contribution in [3.8, 4) is 5.75 Å². The van der Waals surface area contributed by atoms with Crippen molar-refractivity contribution >= 4 is 29.5 Å². The Balaban J connectivity index is 1.81. The average molecular weight is 348 g/mol. The van der Waals surface area contributed by atoms with E-state index >= 15 is 0 Å². The maximum absolute atomic E-state index is 12.0. The van der Waals surface area contributed by atoms with Gasteiger partial charge in [-0.1, -0.05) is 22.9 Å². The molecule has 1 amide bonds. The van der Waals surface area contributed by atoms with Gasteiger partial charge in [0, 0.05) is 6.07 Å². The normalized spacial score (nSPS) is 11.8. The van der Waals surface area contributed by atoms with Gasteiger partial charge < -0.3 is 14.6 Å². The van der Waals surface area contributed by atoms with Crippen LogP contribution < -0.4 is 10.1 Å². The molecule has 2 rings (SSSR count). The zero-order valence-corrected chi connectivity index (χ0v) is 14.9. The van der Waals surface area contributed by atoms with Crippen LogP contribution in [0.5, 0.6) is 5.75 Å². The first-order chi connectivity index (χ1) is 11.3. The number of carbonyl (C=O) groups is 2. The molecule has 0 spiro atoms. The number of aryl methyl sites for hydroxylation is 3. The fraction of sp³-hybridized carbons (Fsp3) is 0.353. The second-order valence-corrected chi connectivity index (χ2v) is 6.84. The van der Waals surface area contributed by atoms with Gasteiger partial charge in [0.05, 0.1) is 11.0 Å². The Morgan fingerprint density at radius 3 is 2.67 bits per heavy atom. The Labute approximate surface area is 144 Å². The van der Waals surface area contributed by atoms with E-state index in [2.05, 4.69) is 10.5 Å². The second kappa shape index (κ2) is 8.01. The number of carbonyl (C=O) groups excluding carboxylic acids is 2. The highest BCUT2D eigenvalue weighted by Gasteiger charge is 2.18. The van der Waals surface area contributed by atoms with E-state index in [0.717, 1.165) is 11.1 Å². The summed E-state index contributed by atoms with van der Waals surface area (Å²) in [6, 6.07) is 7.24. The minimum atomic E-state index is -0.423. The van der Waals surface area contributed by atoms with E-state index in [1.807, 2.05) is 26.0 Å². The predicted molar refractivity (Wildman–Crippen MR) is 93.3 cm³/mol. The molecule has 1 aromatic carbocycles. The van der Waals surface area contributed by atoms with Gasteiger partial charge >= 0.3 is 5.97 Å². The van der Waals surface area contributed by atoms with Gasteiger partial charge in [0.25, 0.3) is 0 Å². The van der Waals surface area contributed by atoms with Crippen molar-refractivity contribution in [2.24, 2.45) is 0 Å². The van der Waals surface area contributed by atoms with E-state index in [4.69, 9.17) is 9.26 Å². The highest BCUT2D eigenvalue weighted by Crippen LogP contribution is 2.20. The molecule has 128 valence electrons. The SMILES string of the molecule is Cc1ccc(OC(=O)CSC(C)C(=O)Nc2cc(C)on2)c(C)c1. The van der Waals surface area contributed by atoms with Crippen LogP contribution in [0.2, 0.25) is 0 Å². The molecule has 1 unspecified atom stereocenters. The molecule has 6 nitrogen and oxygen atoms in total. The molecule has 0 bridgehead atoms. The van der Waals surface area contributed by atoms with Crippen LogP contribution in [-0.4, -0.2) is 28.0 Å². The lowest BCUT2D eigenvalue weighted by atomic mass is 10.1. The van der Waals surface area contributed by atoms with Crippen molar-refractivity contribution in [1.29, 1.82) is 0 Å². The predicted octanol–water partition coefficient (Wildman–Crippen LogP) is 3.27. The first kappa shape index (κ1) is 18.1. The van der Waals surface area contributed by atoms with Crippen LogP contribution in [0.3, 0.4) is 0 Å². The number of thioether (sulfide) groups is 1. The van der Waals surface area contributed by atoms with Crippen LogP contribution >= 0.6 is 11.8 Å². The van der Waals surface area contributed by atoms with Crippen LogP contribution in [-0.2, 0) is 9.59 Å². The topological polar surface area (TPSA) is 81.4 Å². The zero-order valence-electron chi connectivity index (χ0n) is 14.1. The summed E-state index contributed by atoms with van der Waals surface area (Å²) in [5, 5.41) is 5.91. The number of hydrogen-bond donors (Lipinski definition) is 1. The lowest BCUT2D eigenvalue weighted by Crippen LogP contribution is -2.24. The molecular formula is C17H20N2O4S. The van der Waals surface area contributed by atoms with Gasteiger partial charge in [-0.2, -0.15) is 0 Å². The van der Waals surface area contributed by atoms with Crippen LogP contribution in [0.4, 0.5) is 5.82 Å². The molecule has 0 aliphatic heterocycles. The molecule has 1 N–H and O–H groups in total. The van der Waals surface area contributed by atoms with E-state index in [1.165, 1.54) is 11.8 Å². The standard InChI is InChI=1S/C17H20N2O4S/c1-10-5-6-14(11(2)7-10)22-16(20)9-24-13(4)17(21)18-15-8-12(3)23-19-15/h5-8,13H,9H2,1-4H3,(H,18,19,21). The molecular weight excluding hydrogens is 328 g/mol. The highest BCUT2D eigenvalue weighted by molar-refractivity contribution is 8.01. The summed E-state index contributed by atoms with van der Waals surface area (Å²) >= 11 is 1.20. The Morgan fingerprint density at radius 1 is 1.29 bits per heavy atom. The Kier molecular flexibility index (Phi) is 6.03. The molecule has 0 fully saturated rings. The first-order valence-corrected chi connectivity index (χ1v) is 8.53. The molecule has 0 aliphatic carbocycles. The van der Waals surface area contributed by atoms with Gasteiger partial charge in [0.1, 0.15) is 11.5 Å². The maximum atomic E-state index is 12.0. The smallest absolute Gasteiger partial charge is 0.321 e. The third kappa shape index (κ3) is 5.13. The summed E-state index contributed by atoms with van der Waals surface area (Å²) in [5.74, 6) is 0.975. The number of aromatic nitrogens is 1. The molecule has 0 aliphatic rings. The first-order valence-electron chi connectivity index (χ1n) is 7.49. The number of ether oxygens (including phenoxy) is 1. The molecule has 0 radical (unpaired) electrons. The van der Waals surface area contributed by atoms with E-state index in [9.17, 15) is 9.59 Å². The van der Waals surface area contributed by atoms with Gasteiger partial charge in [0.15, 0.2) is 5.82 Å². The Hall–Kier alpha value is -2.28. The number of anilines is 1. The second-order valence-electron chi connectivity index (χ2n) is 5.51. The van der Waals surface area contributed by atoms with Crippen LogP contribution in [0, 0.1) is 20.8 Å². The van der Waals surface area contributed by atoms with Gasteiger partial charge in [0.2, 0.25) is 5.91 Å². The van der Waals surface area contributed by atoms with Crippen molar-refractivity contribution in [1.82, 2.24) is 5.16 Å². The highest BCUT2D eigenvalue weighted by atomic mass is 32.2. The number of esters is 1. The van der Waals surface area contributed by atoms with Crippen molar-refractivity contribution in [2.45, 2.75) is 32.9 Å². The lowest BCUT2D eigenvalue weighted by Gasteiger charge is -2.11. The van der Waals surface area contributed by atoms with Crippen molar-refractivity contribution in [2.75, 3.05) is 11.1 Å². The zero-order chi connectivity index (χ0) is 17.7. The van der Waals surface area contributed by atoms with E-state index in [-0.39, 0.29) is 17.6 Å². The maximum Gasteiger partial charge on any atom is 0.321 e. The summed E-state index contributed by atoms with van der Waals surface area (Å²) in [6.45, 7) is 7.32. The van der Waals surface area contributed by atoms with E-state index < -0.39 is 5.25 Å². The third-order valence-corrected chi connectivity index (χ3v) is 4.37. The molecule has 1 aromatic heterocycles. The minimum absolute atomic E-state index is 0.0831. The van der Waals surface area contributed by atoms with Gasteiger partial charge in [-0.25, -0.2) is 0 Å². The summed E-state index contributed by atoms with van der Waals surface area (Å²) in [5.41, 5.74) is 2.01. The van der Waals surface area contributed by atoms with Gasteiger partial charge in [-0.05, 0) is 39.3 Å². The number of amides is 1. The van der Waals surface area contributed by atoms with Crippen molar-refractivity contribution in [3.05, 3.63) is 41.2 Å². The quantitative estimate of drug-likeness (QED) is 0.637. The third-order valence-electron chi connectivity index (χ3n) is 3.25. The van der Waals surface area contributed by atoms with E-state index in [0.29, 0.717) is 17.3 Å². The number of rotatable bonds is 6.